The lowest BCUT2D eigenvalue weighted by molar-refractivity contribution is 0.195. The molecule has 0 saturated carbocycles. The van der Waals surface area contributed by atoms with E-state index in [-0.39, 0.29) is 12.1 Å². The van der Waals surface area contributed by atoms with E-state index in [9.17, 15) is 4.79 Å². The van der Waals surface area contributed by atoms with Crippen LogP contribution in [0.1, 0.15) is 16.7 Å². The first-order valence-electron chi connectivity index (χ1n) is 10.1. The second-order valence-electron chi connectivity index (χ2n) is 7.58. The van der Waals surface area contributed by atoms with Gasteiger partial charge in [0, 0.05) is 32.2 Å². The monoisotopic (exact) mass is 385 g/mol. The van der Waals surface area contributed by atoms with Gasteiger partial charge in [-0.1, -0.05) is 66.7 Å². The molecule has 2 amide bonds. The van der Waals surface area contributed by atoms with Crippen molar-refractivity contribution >= 4 is 16.8 Å². The van der Waals surface area contributed by atoms with E-state index in [2.05, 4.69) is 71.8 Å². The van der Waals surface area contributed by atoms with Gasteiger partial charge in [0.1, 0.15) is 0 Å². The minimum absolute atomic E-state index is 0.0567. The number of urea groups is 1. The van der Waals surface area contributed by atoms with E-state index in [0.29, 0.717) is 19.6 Å². The molecule has 0 saturated heterocycles. The normalized spacial score (nSPS) is 15.5. The van der Waals surface area contributed by atoms with E-state index >= 15 is 0 Å². The van der Waals surface area contributed by atoms with Crippen LogP contribution in [-0.2, 0) is 19.5 Å². The number of nitrogens with one attached hydrogen (secondary N) is 2. The fourth-order valence-electron chi connectivity index (χ4n) is 3.95. The predicted molar refractivity (Wildman–Crippen MR) is 119 cm³/mol. The summed E-state index contributed by atoms with van der Waals surface area (Å²) in [5, 5.41) is 9.02. The Balaban J connectivity index is 1.37. The van der Waals surface area contributed by atoms with Gasteiger partial charge in [0.05, 0.1) is 0 Å². The van der Waals surface area contributed by atoms with Crippen LogP contribution in [0.2, 0.25) is 0 Å². The number of hydrogen-bond acceptors (Lipinski definition) is 2. The highest BCUT2D eigenvalue weighted by Crippen LogP contribution is 2.17. The number of amides is 2. The van der Waals surface area contributed by atoms with E-state index in [1.165, 1.54) is 21.9 Å². The average Bonchev–Trinajstić information content (AvgIpc) is 2.77. The molecule has 0 radical (unpaired) electrons. The van der Waals surface area contributed by atoms with E-state index in [4.69, 9.17) is 0 Å². The van der Waals surface area contributed by atoms with Crippen molar-refractivity contribution in [2.24, 2.45) is 0 Å². The minimum atomic E-state index is -0.0567. The van der Waals surface area contributed by atoms with Gasteiger partial charge < -0.3 is 15.5 Å². The fourth-order valence-corrected chi connectivity index (χ4v) is 3.95. The molecule has 0 spiro atoms. The van der Waals surface area contributed by atoms with Crippen LogP contribution in [0.4, 0.5) is 4.79 Å². The van der Waals surface area contributed by atoms with Crippen molar-refractivity contribution in [1.29, 1.82) is 0 Å². The molecule has 148 valence electrons. The molecular weight excluding hydrogens is 358 g/mol. The smallest absolute Gasteiger partial charge is 0.318 e. The molecular formula is C25H27N3O. The lowest BCUT2D eigenvalue weighted by atomic mass is 9.95. The maximum atomic E-state index is 12.8. The quantitative estimate of drug-likeness (QED) is 0.623. The van der Waals surface area contributed by atoms with Crippen molar-refractivity contribution < 1.29 is 4.79 Å². The third-order valence-electron chi connectivity index (χ3n) is 5.50. The topological polar surface area (TPSA) is 44.4 Å². The Morgan fingerprint density at radius 3 is 2.66 bits per heavy atom. The van der Waals surface area contributed by atoms with Crippen LogP contribution in [0.3, 0.4) is 0 Å². The van der Waals surface area contributed by atoms with Gasteiger partial charge in [0.2, 0.25) is 0 Å². The summed E-state index contributed by atoms with van der Waals surface area (Å²) in [7, 11) is 0. The van der Waals surface area contributed by atoms with Crippen molar-refractivity contribution in [2.45, 2.75) is 25.6 Å². The molecule has 3 aromatic rings. The fraction of sp³-hybridized carbons (Fsp3) is 0.240. The van der Waals surface area contributed by atoms with Crippen LogP contribution >= 0.6 is 0 Å². The number of rotatable bonds is 6. The van der Waals surface area contributed by atoms with E-state index in [1.807, 2.05) is 17.0 Å². The zero-order valence-electron chi connectivity index (χ0n) is 16.6. The standard InChI is InChI=1S/C25H27N3O/c1-2-13-28(18-24-15-22-9-5-6-10-23(22)17-26-24)25(29)27-16-19-11-12-20-7-3-4-8-21(20)14-19/h2-12,14,24,26H,1,13,15-18H2,(H,27,29). The third kappa shape index (κ3) is 4.66. The lowest BCUT2D eigenvalue weighted by Crippen LogP contribution is -2.49. The predicted octanol–water partition coefficient (Wildman–Crippen LogP) is 4.25. The first-order chi connectivity index (χ1) is 14.2. The molecule has 0 aliphatic carbocycles. The first kappa shape index (κ1) is 19.2. The molecule has 2 N–H and O–H groups in total. The number of carbonyl (C=O) groups excluding carboxylic acids is 1. The van der Waals surface area contributed by atoms with Crippen LogP contribution in [0.25, 0.3) is 10.8 Å². The maximum absolute atomic E-state index is 12.8. The van der Waals surface area contributed by atoms with Gasteiger partial charge in [-0.05, 0) is 39.9 Å². The number of benzene rings is 3. The molecule has 0 bridgehead atoms. The molecule has 29 heavy (non-hydrogen) atoms. The van der Waals surface area contributed by atoms with Gasteiger partial charge in [0.15, 0.2) is 0 Å². The van der Waals surface area contributed by atoms with E-state index < -0.39 is 0 Å². The van der Waals surface area contributed by atoms with Crippen LogP contribution in [-0.4, -0.2) is 30.1 Å². The summed E-state index contributed by atoms with van der Waals surface area (Å²) in [6.07, 6.45) is 2.72. The molecule has 4 rings (SSSR count). The van der Waals surface area contributed by atoms with Gasteiger partial charge in [-0.3, -0.25) is 0 Å². The van der Waals surface area contributed by atoms with Crippen molar-refractivity contribution in [1.82, 2.24) is 15.5 Å². The highest BCUT2D eigenvalue weighted by Gasteiger charge is 2.22. The van der Waals surface area contributed by atoms with Crippen molar-refractivity contribution in [3.63, 3.8) is 0 Å². The Labute approximate surface area is 172 Å². The van der Waals surface area contributed by atoms with Crippen molar-refractivity contribution in [3.05, 3.63) is 96.1 Å². The summed E-state index contributed by atoms with van der Waals surface area (Å²) in [6, 6.07) is 23.3. The molecule has 3 aromatic carbocycles. The molecule has 1 aliphatic heterocycles. The summed E-state index contributed by atoms with van der Waals surface area (Å²) in [4.78, 5) is 14.7. The number of hydrogen-bond donors (Lipinski definition) is 2. The zero-order chi connectivity index (χ0) is 20.1. The third-order valence-corrected chi connectivity index (χ3v) is 5.50. The highest BCUT2D eigenvalue weighted by molar-refractivity contribution is 5.83. The molecule has 4 nitrogen and oxygen atoms in total. The molecule has 1 aliphatic rings. The summed E-state index contributed by atoms with van der Waals surface area (Å²) >= 11 is 0. The van der Waals surface area contributed by atoms with Crippen LogP contribution < -0.4 is 10.6 Å². The largest absolute Gasteiger partial charge is 0.334 e. The average molecular weight is 386 g/mol. The minimum Gasteiger partial charge on any atom is -0.334 e. The van der Waals surface area contributed by atoms with Crippen LogP contribution in [0.15, 0.2) is 79.4 Å². The Kier molecular flexibility index (Phi) is 5.92. The lowest BCUT2D eigenvalue weighted by Gasteiger charge is -2.31. The number of fused-ring (bicyclic) bond motifs is 2. The maximum Gasteiger partial charge on any atom is 0.318 e. The van der Waals surface area contributed by atoms with Gasteiger partial charge >= 0.3 is 6.03 Å². The van der Waals surface area contributed by atoms with Gasteiger partial charge in [-0.15, -0.1) is 6.58 Å². The summed E-state index contributed by atoms with van der Waals surface area (Å²) < 4.78 is 0. The van der Waals surface area contributed by atoms with Crippen LogP contribution in [0, 0.1) is 0 Å². The molecule has 1 atom stereocenters. The van der Waals surface area contributed by atoms with Crippen LogP contribution in [0.5, 0.6) is 0 Å². The zero-order valence-corrected chi connectivity index (χ0v) is 16.6. The summed E-state index contributed by atoms with van der Waals surface area (Å²) in [5.41, 5.74) is 3.81. The van der Waals surface area contributed by atoms with Gasteiger partial charge in [0.25, 0.3) is 0 Å². The van der Waals surface area contributed by atoms with Gasteiger partial charge in [-0.25, -0.2) is 4.79 Å². The highest BCUT2D eigenvalue weighted by atomic mass is 16.2. The Bertz CT molecular complexity index is 1010. The van der Waals surface area contributed by atoms with E-state index in [1.54, 1.807) is 6.08 Å². The Hall–Kier alpha value is -3.11. The Morgan fingerprint density at radius 1 is 1.07 bits per heavy atom. The second kappa shape index (κ2) is 8.93. The molecule has 1 heterocycles. The SMILES string of the molecule is C=CCN(CC1Cc2ccccc2CN1)C(=O)NCc1ccc2ccccc2c1. The molecule has 0 fully saturated rings. The number of nitrogens with zero attached hydrogens (tertiary/aromatic N) is 1. The number of carbonyl (C=O) groups is 1. The molecule has 4 heteroatoms. The summed E-state index contributed by atoms with van der Waals surface area (Å²) in [5.74, 6) is 0. The molecule has 0 aromatic heterocycles. The van der Waals surface area contributed by atoms with Crippen molar-refractivity contribution in [2.75, 3.05) is 13.1 Å². The van der Waals surface area contributed by atoms with Crippen molar-refractivity contribution in [3.8, 4) is 0 Å². The Morgan fingerprint density at radius 2 is 1.83 bits per heavy atom. The van der Waals surface area contributed by atoms with Gasteiger partial charge in [-0.2, -0.15) is 0 Å². The first-order valence-corrected chi connectivity index (χ1v) is 10.1. The molecule has 1 unspecified atom stereocenters. The van der Waals surface area contributed by atoms with E-state index in [0.717, 1.165) is 18.5 Å². The summed E-state index contributed by atoms with van der Waals surface area (Å²) in [6.45, 7) is 6.37. The second-order valence-corrected chi connectivity index (χ2v) is 7.58.